The van der Waals surface area contributed by atoms with E-state index in [1.807, 2.05) is 19.9 Å². The second-order valence-electron chi connectivity index (χ2n) is 4.93. The lowest BCUT2D eigenvalue weighted by Gasteiger charge is -2.18. The summed E-state index contributed by atoms with van der Waals surface area (Å²) in [7, 11) is 0. The summed E-state index contributed by atoms with van der Waals surface area (Å²) in [6.07, 6.45) is -0.750. The first kappa shape index (κ1) is 16.1. The molecule has 0 radical (unpaired) electrons. The van der Waals surface area contributed by atoms with Gasteiger partial charge in [-0.15, -0.1) is 5.06 Å². The Hall–Kier alpha value is -1.92. The molecule has 110 valence electrons. The molecule has 1 rings (SSSR count). The molecule has 1 aromatic rings. The molecule has 0 saturated heterocycles. The van der Waals surface area contributed by atoms with Crippen molar-refractivity contribution in [2.24, 2.45) is 11.7 Å². The Labute approximate surface area is 118 Å². The number of amides is 2. The van der Waals surface area contributed by atoms with Gasteiger partial charge in [0, 0.05) is 0 Å². The third kappa shape index (κ3) is 4.99. The number of nitrogens with zero attached hydrogens (tertiary/aromatic N) is 1. The number of carbonyl (C=O) groups excluding carboxylic acids is 2. The molecular formula is C14H20N2O4. The Bertz CT molecular complexity index is 448. The average molecular weight is 280 g/mol. The van der Waals surface area contributed by atoms with Gasteiger partial charge in [-0.1, -0.05) is 44.2 Å². The van der Waals surface area contributed by atoms with Crippen LogP contribution in [0.1, 0.15) is 25.8 Å². The normalized spacial score (nSPS) is 12.1. The van der Waals surface area contributed by atoms with E-state index in [1.54, 1.807) is 24.3 Å². The fourth-order valence-corrected chi connectivity index (χ4v) is 1.64. The fraction of sp³-hybridized carbons (Fsp3) is 0.429. The zero-order chi connectivity index (χ0) is 15.1. The Morgan fingerprint density at radius 3 is 2.45 bits per heavy atom. The molecule has 0 unspecified atom stereocenters. The van der Waals surface area contributed by atoms with Gasteiger partial charge in [-0.25, -0.2) is 4.79 Å². The summed E-state index contributed by atoms with van der Waals surface area (Å²) in [4.78, 5) is 23.2. The van der Waals surface area contributed by atoms with Crippen molar-refractivity contribution in [3.05, 3.63) is 35.9 Å². The van der Waals surface area contributed by atoms with Crippen LogP contribution < -0.4 is 5.73 Å². The third-order valence-electron chi connectivity index (χ3n) is 2.63. The lowest BCUT2D eigenvalue weighted by Crippen LogP contribution is -2.45. The van der Waals surface area contributed by atoms with E-state index in [1.165, 1.54) is 0 Å². The van der Waals surface area contributed by atoms with E-state index < -0.39 is 18.0 Å². The van der Waals surface area contributed by atoms with Gasteiger partial charge in [0.1, 0.15) is 6.61 Å². The van der Waals surface area contributed by atoms with Crippen molar-refractivity contribution in [3.8, 4) is 0 Å². The predicted molar refractivity (Wildman–Crippen MR) is 72.7 cm³/mol. The first-order valence-electron chi connectivity index (χ1n) is 6.41. The van der Waals surface area contributed by atoms with Crippen LogP contribution in [0, 0.1) is 5.92 Å². The SMILES string of the molecule is CC(C)C[C@H](N)C(=O)N(O)C(=O)OCc1ccccc1. The van der Waals surface area contributed by atoms with Gasteiger partial charge in [0.25, 0.3) is 5.91 Å². The van der Waals surface area contributed by atoms with E-state index in [0.29, 0.717) is 6.42 Å². The number of hydrogen-bond acceptors (Lipinski definition) is 5. The van der Waals surface area contributed by atoms with Crippen molar-refractivity contribution in [2.75, 3.05) is 0 Å². The number of ether oxygens (including phenoxy) is 1. The van der Waals surface area contributed by atoms with Crippen LogP contribution in [0.25, 0.3) is 0 Å². The molecule has 3 N–H and O–H groups in total. The summed E-state index contributed by atoms with van der Waals surface area (Å²) in [5.41, 5.74) is 6.36. The number of hydroxylamine groups is 2. The number of nitrogens with two attached hydrogens (primary N) is 1. The van der Waals surface area contributed by atoms with Gasteiger partial charge < -0.3 is 10.5 Å². The Morgan fingerprint density at radius 1 is 1.30 bits per heavy atom. The van der Waals surface area contributed by atoms with E-state index in [9.17, 15) is 14.8 Å². The minimum atomic E-state index is -1.13. The lowest BCUT2D eigenvalue weighted by atomic mass is 10.0. The molecule has 1 aromatic carbocycles. The van der Waals surface area contributed by atoms with Crippen molar-refractivity contribution >= 4 is 12.0 Å². The van der Waals surface area contributed by atoms with Crippen molar-refractivity contribution in [2.45, 2.75) is 32.9 Å². The van der Waals surface area contributed by atoms with Crippen LogP contribution in [0.5, 0.6) is 0 Å². The standard InChI is InChI=1S/C14H20N2O4/c1-10(2)8-12(15)13(17)16(19)14(18)20-9-11-6-4-3-5-7-11/h3-7,10,12,19H,8-9,15H2,1-2H3/t12-/m0/s1. The Balaban J connectivity index is 2.48. The molecule has 0 saturated carbocycles. The lowest BCUT2D eigenvalue weighted by molar-refractivity contribution is -0.159. The quantitative estimate of drug-likeness (QED) is 0.635. The van der Waals surface area contributed by atoms with Crippen LogP contribution in [-0.2, 0) is 16.1 Å². The van der Waals surface area contributed by atoms with Crippen molar-refractivity contribution in [1.82, 2.24) is 5.06 Å². The first-order valence-corrected chi connectivity index (χ1v) is 6.41. The molecule has 0 aliphatic rings. The first-order chi connectivity index (χ1) is 9.41. The molecule has 0 spiro atoms. The zero-order valence-corrected chi connectivity index (χ0v) is 11.7. The molecule has 0 bridgehead atoms. The maximum atomic E-state index is 11.7. The molecule has 1 atom stereocenters. The number of carbonyl (C=O) groups is 2. The van der Waals surface area contributed by atoms with Gasteiger partial charge in [-0.05, 0) is 17.9 Å². The highest BCUT2D eigenvalue weighted by molar-refractivity contribution is 5.93. The van der Waals surface area contributed by atoms with Gasteiger partial charge in [0.2, 0.25) is 0 Å². The molecule has 6 nitrogen and oxygen atoms in total. The highest BCUT2D eigenvalue weighted by Gasteiger charge is 2.27. The van der Waals surface area contributed by atoms with Crippen molar-refractivity contribution in [1.29, 1.82) is 0 Å². The smallest absolute Gasteiger partial charge is 0.441 e. The molecule has 0 aliphatic carbocycles. The van der Waals surface area contributed by atoms with Crippen LogP contribution in [0.15, 0.2) is 30.3 Å². The molecule has 6 heteroatoms. The minimum absolute atomic E-state index is 0.0244. The molecule has 0 aliphatic heterocycles. The van der Waals surface area contributed by atoms with E-state index >= 15 is 0 Å². The van der Waals surface area contributed by atoms with Gasteiger partial charge in [-0.3, -0.25) is 10.0 Å². The van der Waals surface area contributed by atoms with E-state index in [-0.39, 0.29) is 17.6 Å². The van der Waals surface area contributed by atoms with E-state index in [0.717, 1.165) is 5.56 Å². The molecule has 0 fully saturated rings. The maximum absolute atomic E-state index is 11.7. The molecular weight excluding hydrogens is 260 g/mol. The highest BCUT2D eigenvalue weighted by Crippen LogP contribution is 2.07. The van der Waals surface area contributed by atoms with Gasteiger partial charge >= 0.3 is 6.09 Å². The second-order valence-corrected chi connectivity index (χ2v) is 4.93. The highest BCUT2D eigenvalue weighted by atomic mass is 16.6. The molecule has 0 aromatic heterocycles. The predicted octanol–water partition coefficient (Wildman–Crippen LogP) is 1.91. The van der Waals surface area contributed by atoms with E-state index in [2.05, 4.69) is 0 Å². The van der Waals surface area contributed by atoms with Gasteiger partial charge in [0.15, 0.2) is 0 Å². The number of hydrogen-bond donors (Lipinski definition) is 2. The van der Waals surface area contributed by atoms with Crippen LogP contribution in [0.3, 0.4) is 0 Å². The average Bonchev–Trinajstić information content (AvgIpc) is 2.43. The van der Waals surface area contributed by atoms with E-state index in [4.69, 9.17) is 10.5 Å². The summed E-state index contributed by atoms with van der Waals surface area (Å²) in [6, 6.07) is 8.03. The monoisotopic (exact) mass is 280 g/mol. The number of imide groups is 1. The summed E-state index contributed by atoms with van der Waals surface area (Å²) in [5.74, 6) is -0.681. The fourth-order valence-electron chi connectivity index (χ4n) is 1.64. The van der Waals surface area contributed by atoms with Crippen LogP contribution in [0.4, 0.5) is 4.79 Å². The summed E-state index contributed by atoms with van der Waals surface area (Å²) < 4.78 is 4.83. The summed E-state index contributed by atoms with van der Waals surface area (Å²) in [6.45, 7) is 3.76. The number of rotatable bonds is 5. The van der Waals surface area contributed by atoms with Crippen LogP contribution in [0.2, 0.25) is 0 Å². The van der Waals surface area contributed by atoms with Crippen molar-refractivity contribution in [3.63, 3.8) is 0 Å². The summed E-state index contributed by atoms with van der Waals surface area (Å²) in [5, 5.41) is 9.42. The minimum Gasteiger partial charge on any atom is -0.443 e. The molecule has 2 amide bonds. The second kappa shape index (κ2) is 7.62. The maximum Gasteiger partial charge on any atom is 0.441 e. The zero-order valence-electron chi connectivity index (χ0n) is 11.7. The van der Waals surface area contributed by atoms with Crippen LogP contribution >= 0.6 is 0 Å². The third-order valence-corrected chi connectivity index (χ3v) is 2.63. The van der Waals surface area contributed by atoms with Crippen molar-refractivity contribution < 1.29 is 19.5 Å². The topological polar surface area (TPSA) is 92.9 Å². The molecule has 0 heterocycles. The Morgan fingerprint density at radius 2 is 1.90 bits per heavy atom. The van der Waals surface area contributed by atoms with Gasteiger partial charge in [-0.2, -0.15) is 0 Å². The summed E-state index contributed by atoms with van der Waals surface area (Å²) >= 11 is 0. The molecule has 20 heavy (non-hydrogen) atoms. The van der Waals surface area contributed by atoms with Gasteiger partial charge in [0.05, 0.1) is 6.04 Å². The number of benzene rings is 1. The Kier molecular flexibility index (Phi) is 6.14. The van der Waals surface area contributed by atoms with Crippen LogP contribution in [-0.4, -0.2) is 28.3 Å². The largest absolute Gasteiger partial charge is 0.443 e.